The Hall–Kier alpha value is -1.80. The highest BCUT2D eigenvalue weighted by Crippen LogP contribution is 2.44. The molecule has 0 saturated heterocycles. The fraction of sp³-hybridized carbons (Fsp3) is 0.0833. The van der Waals surface area contributed by atoms with Gasteiger partial charge in [-0.25, -0.2) is 4.98 Å². The van der Waals surface area contributed by atoms with Crippen LogP contribution in [0.15, 0.2) is 23.6 Å². The summed E-state index contributed by atoms with van der Waals surface area (Å²) in [5.41, 5.74) is 10.7. The van der Waals surface area contributed by atoms with Gasteiger partial charge >= 0.3 is 6.18 Å². The van der Waals surface area contributed by atoms with Crippen molar-refractivity contribution >= 4 is 43.6 Å². The number of nitrogens with zero attached hydrogens (tertiary/aromatic N) is 1. The molecule has 104 valence electrons. The van der Waals surface area contributed by atoms with Crippen LogP contribution in [0.3, 0.4) is 0 Å². The van der Waals surface area contributed by atoms with Crippen LogP contribution in [0.4, 0.5) is 23.9 Å². The molecule has 0 aliphatic carbocycles. The second-order valence-electron chi connectivity index (χ2n) is 4.09. The minimum atomic E-state index is -4.51. The van der Waals surface area contributed by atoms with E-state index in [2.05, 4.69) is 4.98 Å². The van der Waals surface area contributed by atoms with E-state index in [1.807, 2.05) is 0 Å². The normalized spacial score (nSPS) is 12.2. The van der Waals surface area contributed by atoms with Crippen LogP contribution in [0.25, 0.3) is 20.8 Å². The Bertz CT molecular complexity index is 775. The van der Waals surface area contributed by atoms with Crippen molar-refractivity contribution in [2.24, 2.45) is 0 Å². The molecule has 3 rings (SSSR count). The molecule has 0 bridgehead atoms. The van der Waals surface area contributed by atoms with E-state index in [0.717, 1.165) is 17.4 Å². The van der Waals surface area contributed by atoms with Crippen LogP contribution in [0.5, 0.6) is 0 Å². The van der Waals surface area contributed by atoms with Gasteiger partial charge in [0.15, 0.2) is 0 Å². The number of aromatic nitrogens is 1. The van der Waals surface area contributed by atoms with Crippen LogP contribution < -0.4 is 11.5 Å². The summed E-state index contributed by atoms with van der Waals surface area (Å²) in [5, 5.41) is 1.83. The number of alkyl halides is 3. The van der Waals surface area contributed by atoms with E-state index >= 15 is 0 Å². The van der Waals surface area contributed by atoms with E-state index in [1.165, 1.54) is 11.3 Å². The number of nitrogen functional groups attached to an aromatic ring is 2. The van der Waals surface area contributed by atoms with Crippen molar-refractivity contribution in [3.05, 3.63) is 29.1 Å². The van der Waals surface area contributed by atoms with Crippen LogP contribution in [-0.2, 0) is 6.18 Å². The van der Waals surface area contributed by atoms with Gasteiger partial charge < -0.3 is 11.5 Å². The highest BCUT2D eigenvalue weighted by Gasteiger charge is 2.35. The number of nitrogens with two attached hydrogens (primary N) is 2. The highest BCUT2D eigenvalue weighted by atomic mass is 32.1. The summed E-state index contributed by atoms with van der Waals surface area (Å²) in [6.07, 6.45) is -4.51. The van der Waals surface area contributed by atoms with Crippen molar-refractivity contribution in [1.29, 1.82) is 0 Å². The predicted octanol–water partition coefficient (Wildman–Crippen LogP) is 4.21. The minimum absolute atomic E-state index is 0.0532. The van der Waals surface area contributed by atoms with Crippen LogP contribution >= 0.6 is 22.7 Å². The third-order valence-corrected chi connectivity index (χ3v) is 4.63. The number of rotatable bonds is 1. The molecule has 8 heteroatoms. The summed E-state index contributed by atoms with van der Waals surface area (Å²) in [6, 6.07) is 4.51. The molecule has 0 spiro atoms. The molecule has 3 heterocycles. The van der Waals surface area contributed by atoms with Gasteiger partial charge in [0.25, 0.3) is 0 Å². The van der Waals surface area contributed by atoms with Gasteiger partial charge in [0.1, 0.15) is 9.83 Å². The van der Waals surface area contributed by atoms with E-state index in [4.69, 9.17) is 11.5 Å². The van der Waals surface area contributed by atoms with Crippen LogP contribution in [0.2, 0.25) is 0 Å². The molecule has 3 aromatic heterocycles. The average Bonchev–Trinajstić information content (AvgIpc) is 2.97. The van der Waals surface area contributed by atoms with Crippen LogP contribution in [0, 0.1) is 0 Å². The van der Waals surface area contributed by atoms with Gasteiger partial charge in [-0.3, -0.25) is 0 Å². The second-order valence-corrected chi connectivity index (χ2v) is 6.07. The van der Waals surface area contributed by atoms with Gasteiger partial charge in [0.2, 0.25) is 0 Å². The number of halogens is 3. The fourth-order valence-corrected chi connectivity index (χ4v) is 3.48. The van der Waals surface area contributed by atoms with Gasteiger partial charge in [0, 0.05) is 5.39 Å². The molecule has 0 fully saturated rings. The van der Waals surface area contributed by atoms with E-state index in [0.29, 0.717) is 4.88 Å². The first-order chi connectivity index (χ1) is 9.38. The average molecular weight is 315 g/mol. The molecule has 20 heavy (non-hydrogen) atoms. The van der Waals surface area contributed by atoms with Gasteiger partial charge in [-0.15, -0.1) is 11.3 Å². The van der Waals surface area contributed by atoms with Gasteiger partial charge in [0.05, 0.1) is 21.8 Å². The Labute approximate surface area is 119 Å². The van der Waals surface area contributed by atoms with Crippen LogP contribution in [-0.4, -0.2) is 4.98 Å². The molecule has 0 atom stereocenters. The number of fused-ring (bicyclic) bond motifs is 1. The van der Waals surface area contributed by atoms with Crippen LogP contribution in [0.1, 0.15) is 5.56 Å². The summed E-state index contributed by atoms with van der Waals surface area (Å²) in [7, 11) is 0. The first-order valence-electron chi connectivity index (χ1n) is 5.47. The SMILES string of the molecule is Nc1sc2nc(-c3cccs3)cc(C(F)(F)F)c2c1N. The Morgan fingerprint density at radius 1 is 1.20 bits per heavy atom. The Balaban J connectivity index is 2.38. The molecule has 0 amide bonds. The topological polar surface area (TPSA) is 64.9 Å². The predicted molar refractivity (Wildman–Crippen MR) is 76.8 cm³/mol. The third kappa shape index (κ3) is 2.01. The van der Waals surface area contributed by atoms with Gasteiger partial charge in [-0.05, 0) is 17.5 Å². The highest BCUT2D eigenvalue weighted by molar-refractivity contribution is 7.23. The van der Waals surface area contributed by atoms with Crippen molar-refractivity contribution in [3.8, 4) is 10.6 Å². The van der Waals surface area contributed by atoms with Gasteiger partial charge in [-0.1, -0.05) is 17.4 Å². The zero-order chi connectivity index (χ0) is 14.5. The number of pyridine rings is 1. The van der Waals surface area contributed by atoms with Crippen molar-refractivity contribution in [3.63, 3.8) is 0 Å². The van der Waals surface area contributed by atoms with E-state index < -0.39 is 11.7 Å². The van der Waals surface area contributed by atoms with E-state index in [-0.39, 0.29) is 26.6 Å². The summed E-state index contributed by atoms with van der Waals surface area (Å²) in [4.78, 5) is 5.12. The van der Waals surface area contributed by atoms with Crippen molar-refractivity contribution in [2.45, 2.75) is 6.18 Å². The summed E-state index contributed by atoms with van der Waals surface area (Å²) >= 11 is 2.29. The largest absolute Gasteiger partial charge is 0.417 e. The molecular weight excluding hydrogens is 307 g/mol. The molecular formula is C12H8F3N3S2. The third-order valence-electron chi connectivity index (χ3n) is 2.81. The summed E-state index contributed by atoms with van der Waals surface area (Å²) < 4.78 is 39.6. The number of anilines is 2. The standard InChI is InChI=1S/C12H8F3N3S2/c13-12(14,15)5-4-6(7-2-1-3-19-7)18-11-8(5)9(16)10(17)20-11/h1-4H,16-17H2. The molecule has 3 nitrogen and oxygen atoms in total. The molecule has 0 aliphatic rings. The number of thiophene rings is 2. The molecule has 4 N–H and O–H groups in total. The monoisotopic (exact) mass is 315 g/mol. The molecule has 0 aromatic carbocycles. The molecule has 3 aromatic rings. The quantitative estimate of drug-likeness (QED) is 0.707. The Kier molecular flexibility index (Phi) is 2.87. The lowest BCUT2D eigenvalue weighted by Gasteiger charge is -2.10. The van der Waals surface area contributed by atoms with Crippen molar-refractivity contribution in [1.82, 2.24) is 4.98 Å². The number of hydrogen-bond acceptors (Lipinski definition) is 5. The van der Waals surface area contributed by atoms with E-state index in [9.17, 15) is 13.2 Å². The maximum absolute atomic E-state index is 13.2. The zero-order valence-corrected chi connectivity index (χ0v) is 11.5. The summed E-state index contributed by atoms with van der Waals surface area (Å²) in [6.45, 7) is 0. The van der Waals surface area contributed by atoms with Crippen molar-refractivity contribution in [2.75, 3.05) is 11.5 Å². The van der Waals surface area contributed by atoms with Gasteiger partial charge in [-0.2, -0.15) is 13.2 Å². The molecule has 0 radical (unpaired) electrons. The first kappa shape index (κ1) is 13.2. The zero-order valence-electron chi connectivity index (χ0n) is 9.86. The second kappa shape index (κ2) is 4.35. The lowest BCUT2D eigenvalue weighted by molar-refractivity contribution is -0.136. The lowest BCUT2D eigenvalue weighted by Crippen LogP contribution is -2.07. The van der Waals surface area contributed by atoms with E-state index in [1.54, 1.807) is 17.5 Å². The first-order valence-corrected chi connectivity index (χ1v) is 7.17. The smallest absolute Gasteiger partial charge is 0.396 e. The Morgan fingerprint density at radius 2 is 1.95 bits per heavy atom. The Morgan fingerprint density at radius 3 is 2.55 bits per heavy atom. The fourth-order valence-electron chi connectivity index (χ4n) is 1.91. The maximum atomic E-state index is 13.2. The molecule has 0 aliphatic heterocycles. The minimum Gasteiger partial charge on any atom is -0.396 e. The summed E-state index contributed by atoms with van der Waals surface area (Å²) in [5.74, 6) is 0. The molecule has 0 saturated carbocycles. The maximum Gasteiger partial charge on any atom is 0.417 e. The molecule has 0 unspecified atom stereocenters. The number of hydrogen-bond donors (Lipinski definition) is 2. The lowest BCUT2D eigenvalue weighted by atomic mass is 10.1. The van der Waals surface area contributed by atoms with Crippen molar-refractivity contribution < 1.29 is 13.2 Å².